The molecule has 0 spiro atoms. The summed E-state index contributed by atoms with van der Waals surface area (Å²) in [6.07, 6.45) is 3.95. The van der Waals surface area contributed by atoms with Gasteiger partial charge >= 0.3 is 0 Å². The molecule has 0 saturated carbocycles. The summed E-state index contributed by atoms with van der Waals surface area (Å²) in [5.41, 5.74) is 11.2. The third-order valence-electron chi connectivity index (χ3n) is 8.27. The van der Waals surface area contributed by atoms with Crippen LogP contribution in [0.1, 0.15) is 27.9 Å². The highest BCUT2D eigenvalue weighted by atomic mass is 15.0. The van der Waals surface area contributed by atoms with Gasteiger partial charge in [0.1, 0.15) is 0 Å². The van der Waals surface area contributed by atoms with Crippen LogP contribution in [-0.4, -0.2) is 15.3 Å². The van der Waals surface area contributed by atoms with Crippen LogP contribution in [-0.2, 0) is 0 Å². The topological polar surface area (TPSA) is 53.7 Å². The normalized spacial score (nSPS) is 13.7. The highest BCUT2D eigenvalue weighted by Crippen LogP contribution is 2.39. The number of nitrogens with zero attached hydrogens (tertiary/aromatic N) is 2. The Labute approximate surface area is 255 Å². The van der Waals surface area contributed by atoms with Gasteiger partial charge in [-0.05, 0) is 53.6 Å². The first kappa shape index (κ1) is 25.7. The van der Waals surface area contributed by atoms with E-state index in [4.69, 9.17) is 0 Å². The lowest BCUT2D eigenvalue weighted by Crippen LogP contribution is -2.20. The third-order valence-corrected chi connectivity index (χ3v) is 8.27. The molecule has 0 bridgehead atoms. The molecule has 5 aromatic carbocycles. The minimum absolute atomic E-state index is 0.451. The summed E-state index contributed by atoms with van der Waals surface area (Å²) in [7, 11) is 0. The molecule has 0 radical (unpaired) electrons. The van der Waals surface area contributed by atoms with E-state index in [1.807, 2.05) is 60.8 Å². The van der Waals surface area contributed by atoms with Crippen LogP contribution in [0.25, 0.3) is 50.5 Å². The number of pyridine rings is 1. The molecular formula is C40H28N4. The molecule has 4 nitrogen and oxygen atoms in total. The van der Waals surface area contributed by atoms with Crippen LogP contribution in [0.4, 0.5) is 0 Å². The van der Waals surface area contributed by atoms with Crippen molar-refractivity contribution in [3.63, 3.8) is 0 Å². The predicted molar refractivity (Wildman–Crippen MR) is 183 cm³/mol. The number of nitrogens with one attached hydrogen (secondary N) is 2. The average Bonchev–Trinajstić information content (AvgIpc) is 3.43. The summed E-state index contributed by atoms with van der Waals surface area (Å²) in [6, 6.07) is 49.9. The summed E-state index contributed by atoms with van der Waals surface area (Å²) >= 11 is 0. The van der Waals surface area contributed by atoms with Crippen molar-refractivity contribution >= 4 is 50.6 Å². The number of benzene rings is 5. The fourth-order valence-electron chi connectivity index (χ4n) is 6.25. The summed E-state index contributed by atoms with van der Waals surface area (Å²) < 4.78 is 2.32. The molecule has 0 fully saturated rings. The largest absolute Gasteiger partial charge is 0.353 e. The average molecular weight is 565 g/mol. The van der Waals surface area contributed by atoms with Gasteiger partial charge in [-0.3, -0.25) is 10.4 Å². The zero-order valence-electron chi connectivity index (χ0n) is 23.9. The van der Waals surface area contributed by atoms with Crippen molar-refractivity contribution in [1.82, 2.24) is 14.9 Å². The number of hydrogen-bond acceptors (Lipinski definition) is 3. The standard InChI is InChI=1S/C40H28N4/c41-39(27-13-3-1-4-14-27)38(40-31-18-8-7-15-28(31)25-35(43-40)34-20-11-12-24-42-34)29-22-23-33-32-19-9-10-21-36(32)44(37(33)26-29)30-16-5-2-6-17-30/h1-26,41,43H/b40-38-,41-39?. The highest BCUT2D eigenvalue weighted by molar-refractivity contribution is 6.36. The Balaban J connectivity index is 1.43. The van der Waals surface area contributed by atoms with E-state index in [1.165, 1.54) is 10.8 Å². The van der Waals surface area contributed by atoms with E-state index in [-0.39, 0.29) is 0 Å². The Hall–Kier alpha value is -6.00. The van der Waals surface area contributed by atoms with Crippen LogP contribution in [0, 0.1) is 5.41 Å². The summed E-state index contributed by atoms with van der Waals surface area (Å²) in [5.74, 6) is 0. The van der Waals surface area contributed by atoms with Gasteiger partial charge in [0.25, 0.3) is 0 Å². The van der Waals surface area contributed by atoms with Gasteiger partial charge < -0.3 is 9.88 Å². The molecule has 0 unspecified atom stereocenters. The lowest BCUT2D eigenvalue weighted by Gasteiger charge is -2.26. The molecule has 2 aromatic heterocycles. The Morgan fingerprint density at radius 3 is 2.14 bits per heavy atom. The van der Waals surface area contributed by atoms with E-state index in [2.05, 4.69) is 112 Å². The van der Waals surface area contributed by atoms with Crippen LogP contribution in [0.2, 0.25) is 0 Å². The van der Waals surface area contributed by atoms with Gasteiger partial charge in [-0.15, -0.1) is 0 Å². The molecule has 7 aromatic rings. The lowest BCUT2D eigenvalue weighted by atomic mass is 9.88. The zero-order valence-corrected chi connectivity index (χ0v) is 23.9. The smallest absolute Gasteiger partial charge is 0.0864 e. The molecule has 0 amide bonds. The van der Waals surface area contributed by atoms with E-state index in [0.29, 0.717) is 5.71 Å². The van der Waals surface area contributed by atoms with Gasteiger partial charge in [0.15, 0.2) is 0 Å². The first-order valence-electron chi connectivity index (χ1n) is 14.7. The van der Waals surface area contributed by atoms with Crippen molar-refractivity contribution in [3.05, 3.63) is 180 Å². The molecule has 208 valence electrons. The van der Waals surface area contributed by atoms with Crippen LogP contribution in [0.15, 0.2) is 152 Å². The second-order valence-corrected chi connectivity index (χ2v) is 10.9. The number of allylic oxidation sites excluding steroid dienone is 1. The van der Waals surface area contributed by atoms with Crippen LogP contribution < -0.4 is 5.32 Å². The molecule has 0 saturated heterocycles. The number of rotatable bonds is 5. The molecule has 3 heterocycles. The van der Waals surface area contributed by atoms with Crippen LogP contribution in [0.5, 0.6) is 0 Å². The number of aromatic nitrogens is 2. The molecule has 4 heteroatoms. The molecular weight excluding hydrogens is 536 g/mol. The van der Waals surface area contributed by atoms with Crippen molar-refractivity contribution in [2.45, 2.75) is 0 Å². The third kappa shape index (κ3) is 4.32. The van der Waals surface area contributed by atoms with Crippen LogP contribution in [0.3, 0.4) is 0 Å². The monoisotopic (exact) mass is 564 g/mol. The fraction of sp³-hybridized carbons (Fsp3) is 0. The molecule has 0 aliphatic carbocycles. The van der Waals surface area contributed by atoms with E-state index in [9.17, 15) is 5.41 Å². The van der Waals surface area contributed by atoms with Crippen molar-refractivity contribution in [2.24, 2.45) is 0 Å². The Kier molecular flexibility index (Phi) is 6.24. The minimum atomic E-state index is 0.451. The second kappa shape index (κ2) is 10.7. The maximum Gasteiger partial charge on any atom is 0.0864 e. The number of fused-ring (bicyclic) bond motifs is 4. The first-order chi connectivity index (χ1) is 21.8. The molecule has 44 heavy (non-hydrogen) atoms. The van der Waals surface area contributed by atoms with Crippen LogP contribution >= 0.6 is 0 Å². The van der Waals surface area contributed by atoms with Crippen molar-refractivity contribution in [3.8, 4) is 5.69 Å². The summed E-state index contributed by atoms with van der Waals surface area (Å²) in [5, 5.41) is 15.8. The van der Waals surface area contributed by atoms with Crippen molar-refractivity contribution in [1.29, 1.82) is 5.41 Å². The highest BCUT2D eigenvalue weighted by Gasteiger charge is 2.25. The van der Waals surface area contributed by atoms with Crippen molar-refractivity contribution < 1.29 is 0 Å². The first-order valence-corrected chi connectivity index (χ1v) is 14.7. The van der Waals surface area contributed by atoms with E-state index >= 15 is 0 Å². The van der Waals surface area contributed by atoms with Gasteiger partial charge in [-0.2, -0.15) is 0 Å². The van der Waals surface area contributed by atoms with Gasteiger partial charge in [0.05, 0.1) is 33.8 Å². The second-order valence-electron chi connectivity index (χ2n) is 10.9. The SMILES string of the molecule is N=C(/C(=C1\NC(c2ccccn2)=Cc2ccccc21)c1ccc2c3ccccc3n(-c3ccccc3)c2c1)c1ccccc1. The van der Waals surface area contributed by atoms with E-state index in [1.54, 1.807) is 0 Å². The maximum atomic E-state index is 9.67. The Morgan fingerprint density at radius 2 is 1.32 bits per heavy atom. The molecule has 1 aliphatic rings. The summed E-state index contributed by atoms with van der Waals surface area (Å²) in [4.78, 5) is 4.64. The van der Waals surface area contributed by atoms with Gasteiger partial charge in [0.2, 0.25) is 0 Å². The molecule has 1 aliphatic heterocycles. The Bertz CT molecular complexity index is 2240. The van der Waals surface area contributed by atoms with Gasteiger partial charge in [0, 0.05) is 39.4 Å². The summed E-state index contributed by atoms with van der Waals surface area (Å²) in [6.45, 7) is 0. The van der Waals surface area contributed by atoms with Gasteiger partial charge in [-0.1, -0.05) is 109 Å². The fourth-order valence-corrected chi connectivity index (χ4v) is 6.25. The maximum absolute atomic E-state index is 9.67. The Morgan fingerprint density at radius 1 is 0.614 bits per heavy atom. The van der Waals surface area contributed by atoms with Crippen molar-refractivity contribution in [2.75, 3.05) is 0 Å². The van der Waals surface area contributed by atoms with E-state index < -0.39 is 0 Å². The lowest BCUT2D eigenvalue weighted by molar-refractivity contribution is 1.16. The predicted octanol–water partition coefficient (Wildman–Crippen LogP) is 9.22. The quantitative estimate of drug-likeness (QED) is 0.205. The molecule has 2 N–H and O–H groups in total. The minimum Gasteiger partial charge on any atom is -0.353 e. The van der Waals surface area contributed by atoms with Gasteiger partial charge in [-0.25, -0.2) is 0 Å². The number of hydrogen-bond donors (Lipinski definition) is 2. The molecule has 8 rings (SSSR count). The number of para-hydroxylation sites is 2. The molecule has 0 atom stereocenters. The zero-order chi connectivity index (χ0) is 29.5. The van der Waals surface area contributed by atoms with E-state index in [0.717, 1.165) is 61.6 Å².